The van der Waals surface area contributed by atoms with Crippen molar-refractivity contribution in [1.82, 2.24) is 9.62 Å². The number of unbranched alkanes of at least 4 members (excludes halogenated alkanes) is 1. The zero-order chi connectivity index (χ0) is 16.3. The average Bonchev–Trinajstić information content (AvgIpc) is 2.96. The Morgan fingerprint density at radius 2 is 1.87 bits per heavy atom. The second-order valence-corrected chi connectivity index (χ2v) is 8.54. The molecule has 1 heterocycles. The van der Waals surface area contributed by atoms with E-state index in [-0.39, 0.29) is 11.8 Å². The van der Waals surface area contributed by atoms with Gasteiger partial charge in [0.05, 0.1) is 5.75 Å². The van der Waals surface area contributed by atoms with Gasteiger partial charge < -0.3 is 4.74 Å². The van der Waals surface area contributed by atoms with E-state index in [1.165, 1.54) is 5.56 Å². The monoisotopic (exact) mass is 338 g/mol. The summed E-state index contributed by atoms with van der Waals surface area (Å²) in [6, 6.07) is 10.6. The molecular formula is C17H26N2O3S. The molecule has 0 spiro atoms. The van der Waals surface area contributed by atoms with Gasteiger partial charge in [0.2, 0.25) is 10.0 Å². The highest BCUT2D eigenvalue weighted by atomic mass is 32.2. The van der Waals surface area contributed by atoms with Crippen LogP contribution in [-0.2, 0) is 21.3 Å². The lowest BCUT2D eigenvalue weighted by atomic mass is 10.2. The number of sulfonamides is 1. The van der Waals surface area contributed by atoms with E-state index in [1.54, 1.807) is 7.11 Å². The van der Waals surface area contributed by atoms with Gasteiger partial charge in [-0.05, 0) is 30.2 Å². The van der Waals surface area contributed by atoms with Crippen molar-refractivity contribution in [3.8, 4) is 0 Å². The molecule has 23 heavy (non-hydrogen) atoms. The number of nitrogens with one attached hydrogen (secondary N) is 1. The quantitative estimate of drug-likeness (QED) is 0.693. The molecule has 0 radical (unpaired) electrons. The summed E-state index contributed by atoms with van der Waals surface area (Å²) in [5.41, 5.74) is 1.32. The zero-order valence-electron chi connectivity index (χ0n) is 13.6. The Labute approximate surface area is 139 Å². The van der Waals surface area contributed by atoms with Crippen LogP contribution in [0.15, 0.2) is 30.3 Å². The highest BCUT2D eigenvalue weighted by Crippen LogP contribution is 2.46. The smallest absolute Gasteiger partial charge is 0.211 e. The maximum absolute atomic E-state index is 12.1. The number of fused-ring (bicyclic) bond motifs is 1. The first kappa shape index (κ1) is 16.9. The van der Waals surface area contributed by atoms with Crippen molar-refractivity contribution in [2.45, 2.75) is 25.4 Å². The van der Waals surface area contributed by atoms with Gasteiger partial charge in [-0.15, -0.1) is 0 Å². The molecule has 2 fully saturated rings. The lowest BCUT2D eigenvalue weighted by Crippen LogP contribution is -2.35. The molecule has 0 aromatic heterocycles. The third-order valence-electron chi connectivity index (χ3n) is 4.85. The first-order valence-electron chi connectivity index (χ1n) is 8.34. The molecule has 1 aromatic rings. The Kier molecular flexibility index (Phi) is 5.36. The second kappa shape index (κ2) is 7.30. The van der Waals surface area contributed by atoms with Gasteiger partial charge in [0, 0.05) is 39.4 Å². The third-order valence-corrected chi connectivity index (χ3v) is 6.30. The average molecular weight is 338 g/mol. The minimum absolute atomic E-state index is 0.162. The van der Waals surface area contributed by atoms with Gasteiger partial charge >= 0.3 is 0 Å². The van der Waals surface area contributed by atoms with Crippen LogP contribution in [0.4, 0.5) is 0 Å². The van der Waals surface area contributed by atoms with Crippen molar-refractivity contribution >= 4 is 10.0 Å². The highest BCUT2D eigenvalue weighted by Gasteiger charge is 2.56. The minimum Gasteiger partial charge on any atom is -0.385 e. The van der Waals surface area contributed by atoms with Crippen LogP contribution in [0.2, 0.25) is 0 Å². The van der Waals surface area contributed by atoms with Gasteiger partial charge in [0.1, 0.15) is 0 Å². The highest BCUT2D eigenvalue weighted by molar-refractivity contribution is 7.89. The molecule has 128 valence electrons. The van der Waals surface area contributed by atoms with Crippen LogP contribution < -0.4 is 4.72 Å². The summed E-state index contributed by atoms with van der Waals surface area (Å²) >= 11 is 0. The molecule has 0 bridgehead atoms. The topological polar surface area (TPSA) is 58.6 Å². The van der Waals surface area contributed by atoms with Crippen LogP contribution in [0, 0.1) is 11.8 Å². The molecular weight excluding hydrogens is 312 g/mol. The Morgan fingerprint density at radius 1 is 1.17 bits per heavy atom. The molecule has 1 aromatic carbocycles. The van der Waals surface area contributed by atoms with E-state index in [0.717, 1.165) is 26.1 Å². The summed E-state index contributed by atoms with van der Waals surface area (Å²) in [7, 11) is -1.50. The van der Waals surface area contributed by atoms with Crippen molar-refractivity contribution in [3.63, 3.8) is 0 Å². The molecule has 1 saturated carbocycles. The van der Waals surface area contributed by atoms with Gasteiger partial charge in [-0.3, -0.25) is 4.90 Å². The van der Waals surface area contributed by atoms with Crippen LogP contribution in [0.25, 0.3) is 0 Å². The molecule has 0 amide bonds. The van der Waals surface area contributed by atoms with E-state index < -0.39 is 10.0 Å². The van der Waals surface area contributed by atoms with Crippen LogP contribution in [0.3, 0.4) is 0 Å². The summed E-state index contributed by atoms with van der Waals surface area (Å²) in [6.07, 6.45) is 1.45. The van der Waals surface area contributed by atoms with Crippen LogP contribution >= 0.6 is 0 Å². The molecule has 2 aliphatic rings. The fourth-order valence-electron chi connectivity index (χ4n) is 3.56. The standard InChI is InChI=1S/C17H26N2O3S/c1-22-9-5-6-10-23(20,21)18-17-15-12-19(13-16(15)17)11-14-7-3-2-4-8-14/h2-4,7-8,15-18H,5-6,9-13H2,1H3/t15-,16+,17?. The van der Waals surface area contributed by atoms with E-state index in [0.29, 0.717) is 24.9 Å². The van der Waals surface area contributed by atoms with E-state index >= 15 is 0 Å². The van der Waals surface area contributed by atoms with Crippen molar-refractivity contribution in [2.75, 3.05) is 32.6 Å². The summed E-state index contributed by atoms with van der Waals surface area (Å²) in [5, 5.41) is 0. The first-order chi connectivity index (χ1) is 11.1. The number of rotatable bonds is 9. The Balaban J connectivity index is 1.40. The largest absolute Gasteiger partial charge is 0.385 e. The summed E-state index contributed by atoms with van der Waals surface area (Å²) < 4.78 is 32.0. The van der Waals surface area contributed by atoms with E-state index in [2.05, 4.69) is 33.9 Å². The van der Waals surface area contributed by atoms with Gasteiger partial charge in [0.25, 0.3) is 0 Å². The number of methoxy groups -OCH3 is 1. The molecule has 3 atom stereocenters. The fourth-order valence-corrected chi connectivity index (χ4v) is 5.03. The van der Waals surface area contributed by atoms with Gasteiger partial charge in [-0.1, -0.05) is 30.3 Å². The fraction of sp³-hybridized carbons (Fsp3) is 0.647. The van der Waals surface area contributed by atoms with Gasteiger partial charge in [-0.25, -0.2) is 13.1 Å². The Morgan fingerprint density at radius 3 is 2.52 bits per heavy atom. The van der Waals surface area contributed by atoms with E-state index in [4.69, 9.17) is 4.74 Å². The summed E-state index contributed by atoms with van der Waals surface area (Å²) in [4.78, 5) is 2.42. The molecule has 1 unspecified atom stereocenters. The number of piperidine rings is 1. The zero-order valence-corrected chi connectivity index (χ0v) is 14.5. The number of nitrogens with zero attached hydrogens (tertiary/aromatic N) is 1. The lowest BCUT2D eigenvalue weighted by Gasteiger charge is -2.19. The Bertz CT molecular complexity index is 594. The molecule has 1 aliphatic heterocycles. The lowest BCUT2D eigenvalue weighted by molar-refractivity contribution is 0.194. The second-order valence-electron chi connectivity index (χ2n) is 6.67. The van der Waals surface area contributed by atoms with Crippen molar-refractivity contribution in [1.29, 1.82) is 0 Å². The van der Waals surface area contributed by atoms with Crippen LogP contribution in [0.5, 0.6) is 0 Å². The number of benzene rings is 1. The third kappa shape index (κ3) is 4.53. The number of ether oxygens (including phenoxy) is 1. The van der Waals surface area contributed by atoms with Crippen molar-refractivity contribution in [3.05, 3.63) is 35.9 Å². The van der Waals surface area contributed by atoms with E-state index in [9.17, 15) is 8.42 Å². The van der Waals surface area contributed by atoms with Gasteiger partial charge in [-0.2, -0.15) is 0 Å². The molecule has 1 saturated heterocycles. The molecule has 3 rings (SSSR count). The number of likely N-dealkylation sites (tertiary alicyclic amines) is 1. The maximum atomic E-state index is 12.1. The van der Waals surface area contributed by atoms with Crippen molar-refractivity contribution < 1.29 is 13.2 Å². The molecule has 6 heteroatoms. The van der Waals surface area contributed by atoms with Crippen molar-refractivity contribution in [2.24, 2.45) is 11.8 Å². The first-order valence-corrected chi connectivity index (χ1v) is 9.99. The minimum atomic E-state index is -3.14. The number of hydrogen-bond acceptors (Lipinski definition) is 4. The number of hydrogen-bond donors (Lipinski definition) is 1. The summed E-state index contributed by atoms with van der Waals surface area (Å²) in [5.74, 6) is 1.19. The van der Waals surface area contributed by atoms with E-state index in [1.807, 2.05) is 6.07 Å². The van der Waals surface area contributed by atoms with Crippen LogP contribution in [-0.4, -0.2) is 51.9 Å². The maximum Gasteiger partial charge on any atom is 0.211 e. The Hall–Kier alpha value is -0.950. The predicted octanol–water partition coefficient (Wildman–Crippen LogP) is 1.46. The SMILES string of the molecule is COCCCCS(=O)(=O)NC1[C@H]2CN(Cc3ccccc3)C[C@@H]12. The molecule has 5 nitrogen and oxygen atoms in total. The van der Waals surface area contributed by atoms with Gasteiger partial charge in [0.15, 0.2) is 0 Å². The van der Waals surface area contributed by atoms with Crippen LogP contribution in [0.1, 0.15) is 18.4 Å². The normalized spacial score (nSPS) is 27.1. The molecule has 1 aliphatic carbocycles. The molecule has 1 N–H and O–H groups in total. The predicted molar refractivity (Wildman–Crippen MR) is 90.5 cm³/mol. The summed E-state index contributed by atoms with van der Waals surface area (Å²) in [6.45, 7) is 3.58.